The van der Waals surface area contributed by atoms with Gasteiger partial charge in [-0.3, -0.25) is 0 Å². The minimum Gasteiger partial charge on any atom is -0.445 e. The van der Waals surface area contributed by atoms with Crippen LogP contribution in [0, 0.1) is 0 Å². The van der Waals surface area contributed by atoms with Gasteiger partial charge in [0.1, 0.15) is 6.61 Å². The summed E-state index contributed by atoms with van der Waals surface area (Å²) in [7, 11) is 0. The van der Waals surface area contributed by atoms with E-state index in [0.29, 0.717) is 6.42 Å². The van der Waals surface area contributed by atoms with Crippen molar-refractivity contribution >= 4 is 18.3 Å². The van der Waals surface area contributed by atoms with E-state index in [2.05, 4.69) is 15.8 Å². The van der Waals surface area contributed by atoms with E-state index in [9.17, 15) is 9.59 Å². The van der Waals surface area contributed by atoms with Crippen molar-refractivity contribution in [2.75, 3.05) is 0 Å². The van der Waals surface area contributed by atoms with Gasteiger partial charge in [0.05, 0.1) is 6.04 Å². The molecule has 3 amide bonds. The predicted molar refractivity (Wildman–Crippen MR) is 75.1 cm³/mol. The van der Waals surface area contributed by atoms with Crippen LogP contribution in [0.2, 0.25) is 0 Å². The van der Waals surface area contributed by atoms with Gasteiger partial charge in [0.25, 0.3) is 0 Å². The molecule has 0 heterocycles. The fourth-order valence-corrected chi connectivity index (χ4v) is 1.35. The van der Waals surface area contributed by atoms with Gasteiger partial charge in [-0.15, -0.1) is 0 Å². The summed E-state index contributed by atoms with van der Waals surface area (Å²) in [6, 6.07) is 8.25. The van der Waals surface area contributed by atoms with Crippen LogP contribution in [-0.4, -0.2) is 24.4 Å². The molecule has 0 saturated heterocycles. The molecule has 1 atom stereocenters. The molecule has 0 saturated carbocycles. The first-order valence-electron chi connectivity index (χ1n) is 6.17. The average molecular weight is 278 g/mol. The molecule has 0 spiro atoms. The third-order valence-electron chi connectivity index (χ3n) is 2.39. The number of carbonyl (C=O) groups excluding carboxylic acids is 2. The molecule has 0 aliphatic carbocycles. The smallest absolute Gasteiger partial charge is 0.407 e. The first-order valence-corrected chi connectivity index (χ1v) is 6.17. The van der Waals surface area contributed by atoms with Gasteiger partial charge in [-0.1, -0.05) is 37.3 Å². The Morgan fingerprint density at radius 1 is 1.40 bits per heavy atom. The summed E-state index contributed by atoms with van der Waals surface area (Å²) in [5.74, 6) is 0. The van der Waals surface area contributed by atoms with E-state index < -0.39 is 12.1 Å². The number of hydrogen-bond acceptors (Lipinski definition) is 4. The number of ether oxygens (including phenoxy) is 1. The number of carbonyl (C=O) groups is 2. The number of amides is 3. The molecule has 0 radical (unpaired) electrons. The summed E-state index contributed by atoms with van der Waals surface area (Å²) in [5, 5.41) is 6.20. The molecule has 0 aliphatic rings. The Hall–Kier alpha value is -2.57. The maximum absolute atomic E-state index is 11.6. The average Bonchev–Trinajstić information content (AvgIpc) is 2.44. The Morgan fingerprint density at radius 2 is 2.10 bits per heavy atom. The summed E-state index contributed by atoms with van der Waals surface area (Å²) in [6.07, 6.45) is 1.44. The molecule has 0 aliphatic heterocycles. The largest absolute Gasteiger partial charge is 0.445 e. The predicted octanol–water partition coefficient (Wildman–Crippen LogP) is 1.35. The van der Waals surface area contributed by atoms with E-state index in [1.54, 1.807) is 0 Å². The topological polar surface area (TPSA) is 106 Å². The SMILES string of the molecule is CC[C@@H](/C=N/NC(N)=O)NC(=O)OCc1ccccc1. The van der Waals surface area contributed by atoms with Gasteiger partial charge < -0.3 is 15.8 Å². The highest BCUT2D eigenvalue weighted by molar-refractivity contribution is 5.77. The molecule has 4 N–H and O–H groups in total. The number of hydrazone groups is 1. The molecule has 1 aromatic rings. The van der Waals surface area contributed by atoms with Gasteiger partial charge in [-0.25, -0.2) is 15.0 Å². The van der Waals surface area contributed by atoms with Crippen molar-refractivity contribution in [3.05, 3.63) is 35.9 Å². The first kappa shape index (κ1) is 15.5. The number of nitrogens with zero attached hydrogens (tertiary/aromatic N) is 1. The zero-order valence-electron chi connectivity index (χ0n) is 11.2. The molecule has 7 nitrogen and oxygen atoms in total. The molecular formula is C13H18N4O3. The lowest BCUT2D eigenvalue weighted by Gasteiger charge is -2.12. The molecule has 1 aromatic carbocycles. The van der Waals surface area contributed by atoms with Gasteiger partial charge in [-0.05, 0) is 12.0 Å². The van der Waals surface area contributed by atoms with Crippen molar-refractivity contribution in [2.45, 2.75) is 26.0 Å². The Balaban J connectivity index is 2.35. The number of hydrogen-bond donors (Lipinski definition) is 3. The van der Waals surface area contributed by atoms with E-state index in [0.717, 1.165) is 5.56 Å². The first-order chi connectivity index (χ1) is 9.61. The summed E-state index contributed by atoms with van der Waals surface area (Å²) < 4.78 is 5.06. The van der Waals surface area contributed by atoms with Crippen molar-refractivity contribution < 1.29 is 14.3 Å². The number of benzene rings is 1. The van der Waals surface area contributed by atoms with Crippen molar-refractivity contribution in [3.63, 3.8) is 0 Å². The van der Waals surface area contributed by atoms with Gasteiger partial charge in [-0.2, -0.15) is 5.10 Å². The van der Waals surface area contributed by atoms with E-state index in [1.807, 2.05) is 37.3 Å². The van der Waals surface area contributed by atoms with Gasteiger partial charge in [0.2, 0.25) is 0 Å². The molecule has 0 fully saturated rings. The number of rotatable bonds is 6. The van der Waals surface area contributed by atoms with Crippen LogP contribution in [0.15, 0.2) is 35.4 Å². The molecule has 7 heteroatoms. The Morgan fingerprint density at radius 3 is 2.70 bits per heavy atom. The molecule has 0 unspecified atom stereocenters. The maximum Gasteiger partial charge on any atom is 0.407 e. The van der Waals surface area contributed by atoms with Crippen LogP contribution < -0.4 is 16.5 Å². The summed E-state index contributed by atoms with van der Waals surface area (Å²) in [6.45, 7) is 2.05. The van der Waals surface area contributed by atoms with Crippen LogP contribution in [0.3, 0.4) is 0 Å². The van der Waals surface area contributed by atoms with Crippen LogP contribution in [-0.2, 0) is 11.3 Å². The van der Waals surface area contributed by atoms with E-state index in [4.69, 9.17) is 10.5 Å². The molecule has 0 bridgehead atoms. The molecule has 108 valence electrons. The summed E-state index contributed by atoms with van der Waals surface area (Å²) in [5.41, 5.74) is 7.82. The number of alkyl carbamates (subject to hydrolysis) is 1. The minimum atomic E-state index is -0.761. The molecule has 0 aromatic heterocycles. The van der Waals surface area contributed by atoms with Crippen LogP contribution in [0.5, 0.6) is 0 Å². The highest BCUT2D eigenvalue weighted by atomic mass is 16.5. The quantitative estimate of drug-likeness (QED) is 0.540. The number of nitrogens with one attached hydrogen (secondary N) is 2. The van der Waals surface area contributed by atoms with Crippen molar-refractivity contribution in [1.82, 2.24) is 10.7 Å². The van der Waals surface area contributed by atoms with Gasteiger partial charge in [0.15, 0.2) is 0 Å². The lowest BCUT2D eigenvalue weighted by atomic mass is 10.2. The van der Waals surface area contributed by atoms with Crippen molar-refractivity contribution in [2.24, 2.45) is 10.8 Å². The van der Waals surface area contributed by atoms with Crippen molar-refractivity contribution in [3.8, 4) is 0 Å². The number of nitrogens with two attached hydrogens (primary N) is 1. The van der Waals surface area contributed by atoms with Gasteiger partial charge in [0, 0.05) is 6.21 Å². The third kappa shape index (κ3) is 6.39. The fraction of sp³-hybridized carbons (Fsp3) is 0.308. The second-order valence-electron chi connectivity index (χ2n) is 3.98. The number of primary amides is 1. The molecule has 1 rings (SSSR count). The van der Waals surface area contributed by atoms with Crippen molar-refractivity contribution in [1.29, 1.82) is 0 Å². The Bertz CT molecular complexity index is 462. The van der Waals surface area contributed by atoms with Gasteiger partial charge >= 0.3 is 12.1 Å². The standard InChI is InChI=1S/C13H18N4O3/c1-2-11(8-15-17-12(14)18)16-13(19)20-9-10-6-4-3-5-7-10/h3-8,11H,2,9H2,1H3,(H,16,19)(H3,14,17,18)/b15-8+/t11-/m0/s1. The second-order valence-corrected chi connectivity index (χ2v) is 3.98. The van der Waals surface area contributed by atoms with E-state index in [-0.39, 0.29) is 12.6 Å². The summed E-state index contributed by atoms with van der Waals surface area (Å²) in [4.78, 5) is 22.0. The zero-order valence-corrected chi connectivity index (χ0v) is 11.2. The normalized spacial score (nSPS) is 11.8. The lowest BCUT2D eigenvalue weighted by Crippen LogP contribution is -2.36. The minimum absolute atomic E-state index is 0.194. The maximum atomic E-state index is 11.6. The highest BCUT2D eigenvalue weighted by Crippen LogP contribution is 2.00. The highest BCUT2D eigenvalue weighted by Gasteiger charge is 2.09. The van der Waals surface area contributed by atoms with Crippen LogP contribution in [0.25, 0.3) is 0 Å². The molecular weight excluding hydrogens is 260 g/mol. The van der Waals surface area contributed by atoms with E-state index >= 15 is 0 Å². The van der Waals surface area contributed by atoms with E-state index in [1.165, 1.54) is 6.21 Å². The zero-order chi connectivity index (χ0) is 14.8. The molecule has 20 heavy (non-hydrogen) atoms. The lowest BCUT2D eigenvalue weighted by molar-refractivity contribution is 0.138. The fourth-order valence-electron chi connectivity index (χ4n) is 1.35. The van der Waals surface area contributed by atoms with Crippen LogP contribution >= 0.6 is 0 Å². The Kier molecular flexibility index (Phi) is 6.60. The second kappa shape index (κ2) is 8.52. The third-order valence-corrected chi connectivity index (χ3v) is 2.39. The van der Waals surface area contributed by atoms with Crippen LogP contribution in [0.4, 0.5) is 9.59 Å². The monoisotopic (exact) mass is 278 g/mol. The van der Waals surface area contributed by atoms with Crippen LogP contribution in [0.1, 0.15) is 18.9 Å². The Labute approximate surface area is 117 Å². The number of urea groups is 1. The summed E-state index contributed by atoms with van der Waals surface area (Å²) >= 11 is 0.